The van der Waals surface area contributed by atoms with Gasteiger partial charge in [0, 0.05) is 18.7 Å². The molecule has 0 saturated heterocycles. The van der Waals surface area contributed by atoms with E-state index < -0.39 is 11.9 Å². The third-order valence-corrected chi connectivity index (χ3v) is 1.78. The van der Waals surface area contributed by atoms with Crippen LogP contribution in [0.25, 0.3) is 6.08 Å². The zero-order valence-corrected chi connectivity index (χ0v) is 7.96. The normalized spacial score (nSPS) is 10.7. The lowest BCUT2D eigenvalue weighted by atomic mass is 10.2. The van der Waals surface area contributed by atoms with Crippen molar-refractivity contribution >= 4 is 23.6 Å². The summed E-state index contributed by atoms with van der Waals surface area (Å²) < 4.78 is 12.6. The second-order valence-electron chi connectivity index (χ2n) is 2.60. The molecule has 0 aliphatic carbocycles. The molecule has 5 heteroatoms. The molecule has 0 aliphatic rings. The SMILES string of the molecule is NC(=O)CC=Cc1cc(F)ncc1Cl. The second kappa shape index (κ2) is 4.72. The summed E-state index contributed by atoms with van der Waals surface area (Å²) in [6.45, 7) is 0. The second-order valence-corrected chi connectivity index (χ2v) is 3.01. The van der Waals surface area contributed by atoms with E-state index in [1.807, 2.05) is 0 Å². The number of amides is 1. The highest BCUT2D eigenvalue weighted by Gasteiger charge is 1.99. The van der Waals surface area contributed by atoms with Crippen LogP contribution in [0.1, 0.15) is 12.0 Å². The standard InChI is InChI=1S/C9H8ClFN2O/c10-7-5-13-8(11)4-6(7)2-1-3-9(12)14/h1-2,4-5H,3H2,(H2,12,14). The maximum atomic E-state index is 12.6. The molecule has 0 aromatic carbocycles. The number of hydrogen-bond acceptors (Lipinski definition) is 2. The van der Waals surface area contributed by atoms with Crippen LogP contribution in [0.5, 0.6) is 0 Å². The molecule has 0 atom stereocenters. The minimum atomic E-state index is -0.617. The Hall–Kier alpha value is -1.42. The van der Waals surface area contributed by atoms with Crippen LogP contribution in [0.4, 0.5) is 4.39 Å². The van der Waals surface area contributed by atoms with Crippen LogP contribution >= 0.6 is 11.6 Å². The maximum absolute atomic E-state index is 12.6. The maximum Gasteiger partial charge on any atom is 0.221 e. The van der Waals surface area contributed by atoms with Gasteiger partial charge in [0.2, 0.25) is 11.9 Å². The molecule has 0 bridgehead atoms. The van der Waals surface area contributed by atoms with Gasteiger partial charge in [-0.1, -0.05) is 23.8 Å². The minimum absolute atomic E-state index is 0.0975. The molecular weight excluding hydrogens is 207 g/mol. The van der Waals surface area contributed by atoms with E-state index in [1.54, 1.807) is 0 Å². The van der Waals surface area contributed by atoms with Crippen LogP contribution in [-0.4, -0.2) is 10.9 Å². The third-order valence-electron chi connectivity index (χ3n) is 1.47. The lowest BCUT2D eigenvalue weighted by Crippen LogP contribution is -2.07. The number of primary amides is 1. The van der Waals surface area contributed by atoms with Gasteiger partial charge in [0.05, 0.1) is 5.02 Å². The Bertz CT molecular complexity index is 379. The van der Waals surface area contributed by atoms with Crippen molar-refractivity contribution in [3.63, 3.8) is 0 Å². The topological polar surface area (TPSA) is 56.0 Å². The number of halogens is 2. The van der Waals surface area contributed by atoms with Crippen LogP contribution in [0, 0.1) is 5.95 Å². The summed E-state index contributed by atoms with van der Waals surface area (Å²) in [6.07, 6.45) is 4.35. The molecule has 1 aromatic heterocycles. The first-order chi connectivity index (χ1) is 6.59. The summed E-state index contributed by atoms with van der Waals surface area (Å²) >= 11 is 5.71. The Kier molecular flexibility index (Phi) is 3.59. The number of aromatic nitrogens is 1. The lowest BCUT2D eigenvalue weighted by Gasteiger charge is -1.96. The number of carbonyl (C=O) groups excluding carboxylic acids is 1. The van der Waals surface area contributed by atoms with Crippen LogP contribution < -0.4 is 5.73 Å². The van der Waals surface area contributed by atoms with Crippen molar-refractivity contribution in [2.75, 3.05) is 0 Å². The Morgan fingerprint density at radius 3 is 3.07 bits per heavy atom. The lowest BCUT2D eigenvalue weighted by molar-refractivity contribution is -0.117. The van der Waals surface area contributed by atoms with Gasteiger partial charge in [-0.3, -0.25) is 4.79 Å². The van der Waals surface area contributed by atoms with Crippen molar-refractivity contribution in [3.05, 3.63) is 34.9 Å². The van der Waals surface area contributed by atoms with Crippen molar-refractivity contribution in [1.82, 2.24) is 4.98 Å². The largest absolute Gasteiger partial charge is 0.369 e. The van der Waals surface area contributed by atoms with E-state index in [2.05, 4.69) is 4.98 Å². The average molecular weight is 215 g/mol. The molecule has 2 N–H and O–H groups in total. The van der Waals surface area contributed by atoms with Crippen LogP contribution in [-0.2, 0) is 4.79 Å². The van der Waals surface area contributed by atoms with E-state index >= 15 is 0 Å². The Morgan fingerprint density at radius 2 is 2.43 bits per heavy atom. The smallest absolute Gasteiger partial charge is 0.221 e. The van der Waals surface area contributed by atoms with E-state index in [0.717, 1.165) is 0 Å². The van der Waals surface area contributed by atoms with E-state index in [1.165, 1.54) is 24.4 Å². The van der Waals surface area contributed by atoms with Gasteiger partial charge >= 0.3 is 0 Å². The van der Waals surface area contributed by atoms with Crippen molar-refractivity contribution in [2.24, 2.45) is 5.73 Å². The summed E-state index contributed by atoms with van der Waals surface area (Å²) in [5.74, 6) is -1.07. The molecule has 1 amide bonds. The Labute approximate surface area is 85.4 Å². The molecular formula is C9H8ClFN2O. The van der Waals surface area contributed by atoms with Gasteiger partial charge in [-0.2, -0.15) is 4.39 Å². The van der Waals surface area contributed by atoms with Crippen LogP contribution in [0.15, 0.2) is 18.3 Å². The summed E-state index contributed by atoms with van der Waals surface area (Å²) in [5, 5.41) is 0.326. The first kappa shape index (κ1) is 10.7. The van der Waals surface area contributed by atoms with E-state index in [0.29, 0.717) is 10.6 Å². The van der Waals surface area contributed by atoms with Gasteiger partial charge in [-0.25, -0.2) is 4.98 Å². The quantitative estimate of drug-likeness (QED) is 0.780. The van der Waals surface area contributed by atoms with Gasteiger partial charge in [0.15, 0.2) is 0 Å². The molecule has 74 valence electrons. The van der Waals surface area contributed by atoms with Gasteiger partial charge in [0.25, 0.3) is 0 Å². The molecule has 3 nitrogen and oxygen atoms in total. The van der Waals surface area contributed by atoms with Crippen LogP contribution in [0.2, 0.25) is 5.02 Å². The molecule has 0 radical (unpaired) electrons. The Balaban J connectivity index is 2.80. The molecule has 0 unspecified atom stereocenters. The summed E-state index contributed by atoms with van der Waals surface area (Å²) in [6, 6.07) is 1.18. The zero-order valence-electron chi connectivity index (χ0n) is 7.21. The highest BCUT2D eigenvalue weighted by Crippen LogP contribution is 2.16. The van der Waals surface area contributed by atoms with Crippen molar-refractivity contribution < 1.29 is 9.18 Å². The first-order valence-corrected chi connectivity index (χ1v) is 4.23. The molecule has 1 heterocycles. The monoisotopic (exact) mass is 214 g/mol. The number of hydrogen-bond donors (Lipinski definition) is 1. The number of carbonyl (C=O) groups is 1. The highest BCUT2D eigenvalue weighted by atomic mass is 35.5. The summed E-state index contributed by atoms with van der Waals surface area (Å²) in [5.41, 5.74) is 5.39. The van der Waals surface area contributed by atoms with Crippen molar-refractivity contribution in [1.29, 1.82) is 0 Å². The fourth-order valence-corrected chi connectivity index (χ4v) is 1.02. The molecule has 1 rings (SSSR count). The van der Waals surface area contributed by atoms with Crippen molar-refractivity contribution in [3.8, 4) is 0 Å². The van der Waals surface area contributed by atoms with Crippen LogP contribution in [0.3, 0.4) is 0 Å². The van der Waals surface area contributed by atoms with Gasteiger partial charge < -0.3 is 5.73 Å². The van der Waals surface area contributed by atoms with E-state index in [4.69, 9.17) is 17.3 Å². The van der Waals surface area contributed by atoms with E-state index in [-0.39, 0.29) is 6.42 Å². The fraction of sp³-hybridized carbons (Fsp3) is 0.111. The molecule has 0 fully saturated rings. The number of nitrogens with two attached hydrogens (primary N) is 1. The van der Waals surface area contributed by atoms with Gasteiger partial charge in [0.1, 0.15) is 0 Å². The number of pyridine rings is 1. The summed E-state index contributed by atoms with van der Waals surface area (Å²) in [4.78, 5) is 13.8. The van der Waals surface area contributed by atoms with Crippen molar-refractivity contribution in [2.45, 2.75) is 6.42 Å². The van der Waals surface area contributed by atoms with Gasteiger partial charge in [-0.05, 0) is 5.56 Å². The Morgan fingerprint density at radius 1 is 1.71 bits per heavy atom. The van der Waals surface area contributed by atoms with E-state index in [9.17, 15) is 9.18 Å². The first-order valence-electron chi connectivity index (χ1n) is 3.85. The zero-order chi connectivity index (χ0) is 10.6. The molecule has 0 aliphatic heterocycles. The predicted molar refractivity (Wildman–Crippen MR) is 52.1 cm³/mol. The summed E-state index contributed by atoms with van der Waals surface area (Å²) in [7, 11) is 0. The molecule has 1 aromatic rings. The number of nitrogens with zero attached hydrogens (tertiary/aromatic N) is 1. The minimum Gasteiger partial charge on any atom is -0.369 e. The highest BCUT2D eigenvalue weighted by molar-refractivity contribution is 6.31. The third kappa shape index (κ3) is 3.14. The number of rotatable bonds is 3. The molecule has 0 spiro atoms. The van der Waals surface area contributed by atoms with Gasteiger partial charge in [-0.15, -0.1) is 0 Å². The fourth-order valence-electron chi connectivity index (χ4n) is 0.857. The predicted octanol–water partition coefficient (Wildman–Crippen LogP) is 1.76. The molecule has 14 heavy (non-hydrogen) atoms. The molecule has 0 saturated carbocycles. The average Bonchev–Trinajstić information content (AvgIpc) is 2.10.